The van der Waals surface area contributed by atoms with Crippen molar-refractivity contribution in [3.8, 4) is 16.9 Å². The summed E-state index contributed by atoms with van der Waals surface area (Å²) in [5, 5.41) is 1.04. The van der Waals surface area contributed by atoms with Gasteiger partial charge in [0.2, 0.25) is 5.56 Å². The van der Waals surface area contributed by atoms with Gasteiger partial charge in [0.1, 0.15) is 5.75 Å². The summed E-state index contributed by atoms with van der Waals surface area (Å²) in [6.07, 6.45) is 4.72. The molecule has 1 aliphatic heterocycles. The predicted octanol–water partition coefficient (Wildman–Crippen LogP) is 8.23. The van der Waals surface area contributed by atoms with E-state index >= 15 is 0 Å². The van der Waals surface area contributed by atoms with Crippen molar-refractivity contribution in [3.05, 3.63) is 111 Å². The molecule has 3 aromatic carbocycles. The van der Waals surface area contributed by atoms with E-state index in [9.17, 15) is 4.79 Å². The number of benzene rings is 3. The molecule has 2 heterocycles. The number of rotatable bonds is 3. The molecule has 4 heteroatoms. The maximum atomic E-state index is 12.5. The number of H-pyrrole nitrogens is 1. The smallest absolute Gasteiger partial charge is 0.249 e. The summed E-state index contributed by atoms with van der Waals surface area (Å²) in [6.45, 7) is 13.1. The van der Waals surface area contributed by atoms with Gasteiger partial charge in [0.05, 0.1) is 6.61 Å². The number of fused-ring (bicyclic) bond motifs is 6. The van der Waals surface area contributed by atoms with Crippen LogP contribution in [-0.4, -0.2) is 17.8 Å². The Morgan fingerprint density at radius 1 is 1.03 bits per heavy atom. The van der Waals surface area contributed by atoms with Crippen LogP contribution in [0.4, 0.5) is 0 Å². The number of ether oxygens (including phenoxy) is 1. The first-order valence-corrected chi connectivity index (χ1v) is 13.6. The lowest BCUT2D eigenvalue weighted by Gasteiger charge is -2.22. The lowest BCUT2D eigenvalue weighted by molar-refractivity contribution is 0.319. The zero-order valence-electron chi connectivity index (χ0n) is 23.3. The number of aromatic nitrogens is 1. The third-order valence-electron chi connectivity index (χ3n) is 6.75. The fourth-order valence-electron chi connectivity index (χ4n) is 4.94. The molecular weight excluding hydrogens is 468 g/mol. The van der Waals surface area contributed by atoms with Crippen LogP contribution in [0.15, 0.2) is 88.3 Å². The van der Waals surface area contributed by atoms with Gasteiger partial charge in [-0.3, -0.25) is 9.79 Å². The quantitative estimate of drug-likeness (QED) is 0.285. The molecule has 1 N–H and O–H groups in total. The van der Waals surface area contributed by atoms with Crippen molar-refractivity contribution >= 4 is 17.1 Å². The molecule has 1 unspecified atom stereocenters. The van der Waals surface area contributed by atoms with Crippen LogP contribution in [-0.2, 0) is 6.42 Å². The van der Waals surface area contributed by atoms with Crippen LogP contribution in [0.25, 0.3) is 22.0 Å². The molecule has 0 radical (unpaired) electrons. The first-order chi connectivity index (χ1) is 18.4. The lowest BCUT2D eigenvalue weighted by atomic mass is 9.84. The number of nitrogens with one attached hydrogen (secondary N) is 1. The summed E-state index contributed by atoms with van der Waals surface area (Å²) in [4.78, 5) is 20.2. The Morgan fingerprint density at radius 3 is 2.58 bits per heavy atom. The van der Waals surface area contributed by atoms with E-state index in [2.05, 4.69) is 92.3 Å². The second-order valence-corrected chi connectivity index (χ2v) is 10.0. The SMILES string of the molecule is C/C(=C\N=CC(C)C)C1c2ccc(C)c(c2)OCCc2cccc(c2)-c2cc(=O)[nH]c3ccc1cc23.CC. The molecule has 6 bridgehead atoms. The van der Waals surface area contributed by atoms with Crippen molar-refractivity contribution in [1.82, 2.24) is 4.98 Å². The largest absolute Gasteiger partial charge is 0.493 e. The first kappa shape index (κ1) is 27.1. The van der Waals surface area contributed by atoms with Gasteiger partial charge in [-0.25, -0.2) is 0 Å². The summed E-state index contributed by atoms with van der Waals surface area (Å²) in [5.41, 5.74) is 8.47. The van der Waals surface area contributed by atoms with Crippen molar-refractivity contribution in [2.45, 2.75) is 53.9 Å². The topological polar surface area (TPSA) is 54.4 Å². The minimum absolute atomic E-state index is 0.00397. The predicted molar refractivity (Wildman–Crippen MR) is 161 cm³/mol. The van der Waals surface area contributed by atoms with Crippen LogP contribution in [0.1, 0.15) is 62.8 Å². The molecule has 4 nitrogen and oxygen atoms in total. The van der Waals surface area contributed by atoms with E-state index < -0.39 is 0 Å². The minimum atomic E-state index is -0.0982. The molecule has 0 amide bonds. The van der Waals surface area contributed by atoms with Crippen molar-refractivity contribution in [1.29, 1.82) is 0 Å². The zero-order chi connectivity index (χ0) is 27.2. The van der Waals surface area contributed by atoms with E-state index in [1.165, 1.54) is 5.56 Å². The molecule has 0 saturated carbocycles. The number of allylic oxidation sites excluding steroid dienone is 1. The fourth-order valence-corrected chi connectivity index (χ4v) is 4.94. The highest BCUT2D eigenvalue weighted by molar-refractivity contribution is 5.95. The number of pyridine rings is 1. The van der Waals surface area contributed by atoms with Gasteiger partial charge in [-0.1, -0.05) is 70.2 Å². The summed E-state index contributed by atoms with van der Waals surface area (Å²) in [5.74, 6) is 1.29. The van der Waals surface area contributed by atoms with E-state index in [1.807, 2.05) is 32.3 Å². The Morgan fingerprint density at radius 2 is 1.79 bits per heavy atom. The van der Waals surface area contributed by atoms with Gasteiger partial charge in [-0.2, -0.15) is 0 Å². The number of aromatic amines is 1. The van der Waals surface area contributed by atoms with Gasteiger partial charge >= 0.3 is 0 Å². The van der Waals surface area contributed by atoms with Crippen LogP contribution < -0.4 is 10.3 Å². The molecule has 1 aromatic heterocycles. The Bertz CT molecular complexity index is 1540. The van der Waals surface area contributed by atoms with Crippen LogP contribution in [0.3, 0.4) is 0 Å². The number of nitrogens with zero attached hydrogens (tertiary/aromatic N) is 1. The maximum absolute atomic E-state index is 12.5. The Kier molecular flexibility index (Phi) is 8.62. The molecule has 196 valence electrons. The van der Waals surface area contributed by atoms with E-state index in [-0.39, 0.29) is 11.5 Å². The van der Waals surface area contributed by atoms with E-state index in [0.717, 1.165) is 56.5 Å². The van der Waals surface area contributed by atoms with Crippen LogP contribution in [0.5, 0.6) is 5.75 Å². The standard InChI is InChI=1S/C32H32N2O2.C2H6/c1-20(2)18-33-19-22(4)32-25-10-11-29-28(15-25)27(17-31(35)34-29)24-7-5-6-23(14-24)12-13-36-30-16-26(32)9-8-21(30)3;1-2/h5-11,14-20,32H,12-13H2,1-4H3,(H,34,35);1-2H3/b22-19+,33-18?;. The van der Waals surface area contributed by atoms with Crippen LogP contribution >= 0.6 is 0 Å². The molecule has 38 heavy (non-hydrogen) atoms. The molecule has 0 spiro atoms. The van der Waals surface area contributed by atoms with Crippen LogP contribution in [0.2, 0.25) is 0 Å². The fraction of sp³-hybridized carbons (Fsp3) is 0.294. The average Bonchev–Trinajstić information content (AvgIpc) is 2.91. The summed E-state index contributed by atoms with van der Waals surface area (Å²) < 4.78 is 6.29. The second kappa shape index (κ2) is 12.1. The highest BCUT2D eigenvalue weighted by atomic mass is 16.5. The monoisotopic (exact) mass is 506 g/mol. The molecular formula is C34H38N2O2. The summed E-state index contributed by atoms with van der Waals surface area (Å²) in [6, 6.07) is 23.0. The number of hydrogen-bond donors (Lipinski definition) is 1. The average molecular weight is 507 g/mol. The van der Waals surface area contributed by atoms with Crippen molar-refractivity contribution in [3.63, 3.8) is 0 Å². The number of aryl methyl sites for hydroxylation is 1. The van der Waals surface area contributed by atoms with Crippen LogP contribution in [0, 0.1) is 12.8 Å². The normalized spacial score (nSPS) is 15.2. The molecule has 1 atom stereocenters. The number of hydrogen-bond acceptors (Lipinski definition) is 3. The van der Waals surface area contributed by atoms with E-state index in [4.69, 9.17) is 4.74 Å². The molecule has 0 fully saturated rings. The minimum Gasteiger partial charge on any atom is -0.493 e. The Balaban J connectivity index is 0.00000164. The molecule has 1 aliphatic rings. The summed E-state index contributed by atoms with van der Waals surface area (Å²) in [7, 11) is 0. The zero-order valence-corrected chi connectivity index (χ0v) is 23.3. The van der Waals surface area contributed by atoms with Crippen molar-refractivity contribution in [2.24, 2.45) is 10.9 Å². The second-order valence-electron chi connectivity index (χ2n) is 10.0. The third kappa shape index (κ3) is 5.96. The molecule has 0 aliphatic carbocycles. The highest BCUT2D eigenvalue weighted by Crippen LogP contribution is 2.37. The van der Waals surface area contributed by atoms with E-state index in [0.29, 0.717) is 12.5 Å². The Labute approximate surface area is 226 Å². The van der Waals surface area contributed by atoms with Gasteiger partial charge in [0, 0.05) is 41.7 Å². The highest BCUT2D eigenvalue weighted by Gasteiger charge is 2.20. The van der Waals surface area contributed by atoms with Gasteiger partial charge < -0.3 is 9.72 Å². The van der Waals surface area contributed by atoms with Gasteiger partial charge in [0.15, 0.2) is 0 Å². The van der Waals surface area contributed by atoms with E-state index in [1.54, 1.807) is 6.07 Å². The molecule has 4 aromatic rings. The third-order valence-corrected chi connectivity index (χ3v) is 6.75. The van der Waals surface area contributed by atoms with Gasteiger partial charge in [0.25, 0.3) is 0 Å². The summed E-state index contributed by atoms with van der Waals surface area (Å²) >= 11 is 0. The molecule has 0 saturated heterocycles. The lowest BCUT2D eigenvalue weighted by Crippen LogP contribution is -2.09. The molecule has 5 rings (SSSR count). The number of aliphatic imine (C=N–C) groups is 1. The van der Waals surface area contributed by atoms with Gasteiger partial charge in [-0.15, -0.1) is 0 Å². The van der Waals surface area contributed by atoms with Crippen molar-refractivity contribution < 1.29 is 4.74 Å². The maximum Gasteiger partial charge on any atom is 0.249 e. The first-order valence-electron chi connectivity index (χ1n) is 13.6. The van der Waals surface area contributed by atoms with Gasteiger partial charge in [-0.05, 0) is 76.9 Å². The van der Waals surface area contributed by atoms with Crippen molar-refractivity contribution in [2.75, 3.05) is 6.61 Å². The Hall–Kier alpha value is -3.92.